The first-order valence-electron chi connectivity index (χ1n) is 5.28. The molecule has 0 aromatic heterocycles. The number of nitrogens with zero attached hydrogens (tertiary/aromatic N) is 1. The van der Waals surface area contributed by atoms with Gasteiger partial charge in [0, 0.05) is 0 Å². The van der Waals surface area contributed by atoms with Crippen molar-refractivity contribution < 1.29 is 25.4 Å². The molecular weight excluding hydrogens is 232 g/mol. The molecule has 0 aromatic carbocycles. The third-order valence-electron chi connectivity index (χ3n) is 2.65. The van der Waals surface area contributed by atoms with Crippen molar-refractivity contribution in [1.29, 1.82) is 5.26 Å². The van der Waals surface area contributed by atoms with Gasteiger partial charge in [-0.05, 0) is 0 Å². The Morgan fingerprint density at radius 3 is 2.64 bits per heavy atom. The summed E-state index contributed by atoms with van der Waals surface area (Å²) in [7, 11) is 0. The maximum atomic E-state index is 10.6. The Morgan fingerprint density at radius 1 is 1.71 bits per heavy atom. The van der Waals surface area contributed by atoms with Crippen molar-refractivity contribution >= 4 is 10.6 Å². The fourth-order valence-electron chi connectivity index (χ4n) is 1.53. The Kier molecular flexibility index (Phi) is 6.57. The van der Waals surface area contributed by atoms with E-state index in [0.29, 0.717) is 6.42 Å². The molecule has 0 fully saturated rings. The summed E-state index contributed by atoms with van der Waals surface area (Å²) in [5, 5.41) is 18.6. The molecule has 0 saturated carbocycles. The van der Waals surface area contributed by atoms with Crippen molar-refractivity contribution in [2.24, 2.45) is 11.8 Å². The molecule has 0 saturated heterocycles. The summed E-state index contributed by atoms with van der Waals surface area (Å²) >= 11 is -1.39. The number of carboxylic acid groups (broad SMARTS) is 1. The molecule has 14 heavy (non-hydrogen) atoms. The summed E-state index contributed by atoms with van der Waals surface area (Å²) in [5.41, 5.74) is 2.30. The molecule has 2 unspecified atom stereocenters. The standard InChI is InChI=1S/C7H9NO2.C2H5.CH3.Zn/c1-5(2)3-6(4-8)7(9)10;1-2;;/h1,5-6H,3H2,2H3,(H,9,10);1H2,2H3;1H3;. The first-order chi connectivity index (χ1) is 6.51. The minimum atomic E-state index is -1.39. The third-order valence-corrected chi connectivity index (χ3v) is 9.34. The third kappa shape index (κ3) is 5.24. The molecule has 0 radical (unpaired) electrons. The molecule has 0 amide bonds. The van der Waals surface area contributed by atoms with Gasteiger partial charge in [-0.15, -0.1) is 0 Å². The van der Waals surface area contributed by atoms with Gasteiger partial charge in [-0.3, -0.25) is 0 Å². The molecule has 0 aliphatic carbocycles. The zero-order valence-electron chi connectivity index (χ0n) is 9.16. The second kappa shape index (κ2) is 6.84. The molecule has 2 atom stereocenters. The topological polar surface area (TPSA) is 61.1 Å². The molecule has 1 N–H and O–H groups in total. The van der Waals surface area contributed by atoms with E-state index in [1.165, 1.54) is 5.02 Å². The van der Waals surface area contributed by atoms with E-state index in [9.17, 15) is 4.79 Å². The van der Waals surface area contributed by atoms with Crippen molar-refractivity contribution in [3.63, 3.8) is 0 Å². The van der Waals surface area contributed by atoms with Crippen LogP contribution in [0.15, 0.2) is 0 Å². The van der Waals surface area contributed by atoms with Gasteiger partial charge in [0.15, 0.2) is 0 Å². The Balaban J connectivity index is 4.25. The van der Waals surface area contributed by atoms with Gasteiger partial charge < -0.3 is 0 Å². The molecule has 0 aliphatic heterocycles. The number of hydrogen-bond acceptors (Lipinski definition) is 2. The Morgan fingerprint density at radius 2 is 2.29 bits per heavy atom. The van der Waals surface area contributed by atoms with E-state index >= 15 is 0 Å². The fourth-order valence-corrected chi connectivity index (χ4v) is 5.52. The summed E-state index contributed by atoms with van der Waals surface area (Å²) < 4.78 is 2.33. The Labute approximate surface area is 90.2 Å². The average Bonchev–Trinajstić information content (AvgIpc) is 2.13. The second-order valence-corrected chi connectivity index (χ2v) is 12.3. The van der Waals surface area contributed by atoms with Crippen LogP contribution in [0.1, 0.15) is 20.3 Å². The van der Waals surface area contributed by atoms with Crippen LogP contribution in [0.2, 0.25) is 10.5 Å². The van der Waals surface area contributed by atoms with Gasteiger partial charge in [0.2, 0.25) is 0 Å². The SMILES string of the molecule is C[CH2][Zn]([CH3])=[CH]C(C)CC(C#N)C(=O)O. The van der Waals surface area contributed by atoms with E-state index in [1.54, 1.807) is 0 Å². The van der Waals surface area contributed by atoms with Crippen LogP contribution in [0, 0.1) is 23.2 Å². The molecule has 76 valence electrons. The summed E-state index contributed by atoms with van der Waals surface area (Å²) in [6.45, 7) is 4.19. The van der Waals surface area contributed by atoms with E-state index in [0.717, 1.165) is 0 Å². The quantitative estimate of drug-likeness (QED) is 0.759. The molecule has 3 nitrogen and oxygen atoms in total. The van der Waals surface area contributed by atoms with Crippen molar-refractivity contribution in [3.05, 3.63) is 0 Å². The summed E-state index contributed by atoms with van der Waals surface area (Å²) in [4.78, 5) is 10.6. The van der Waals surface area contributed by atoms with E-state index in [-0.39, 0.29) is 5.92 Å². The number of rotatable bonds is 5. The van der Waals surface area contributed by atoms with Crippen LogP contribution >= 0.6 is 0 Å². The number of hydrogen-bond donors (Lipinski definition) is 1. The van der Waals surface area contributed by atoms with Gasteiger partial charge in [-0.25, -0.2) is 0 Å². The van der Waals surface area contributed by atoms with Crippen molar-refractivity contribution in [3.8, 4) is 6.07 Å². The number of nitriles is 1. The van der Waals surface area contributed by atoms with Gasteiger partial charge in [-0.1, -0.05) is 0 Å². The van der Waals surface area contributed by atoms with Crippen molar-refractivity contribution in [1.82, 2.24) is 0 Å². The van der Waals surface area contributed by atoms with E-state index in [4.69, 9.17) is 10.4 Å². The van der Waals surface area contributed by atoms with Crippen LogP contribution in [0.4, 0.5) is 0 Å². The normalized spacial score (nSPS) is 14.4. The van der Waals surface area contributed by atoms with E-state index in [2.05, 4.69) is 17.1 Å². The van der Waals surface area contributed by atoms with Crippen molar-refractivity contribution in [2.45, 2.75) is 30.8 Å². The molecule has 0 spiro atoms. The molecule has 0 aromatic rings. The van der Waals surface area contributed by atoms with Crippen LogP contribution in [-0.2, 0) is 20.3 Å². The molecule has 0 aliphatic rings. The average molecular weight is 249 g/mol. The van der Waals surface area contributed by atoms with E-state index < -0.39 is 27.4 Å². The monoisotopic (exact) mass is 247 g/mol. The van der Waals surface area contributed by atoms with Crippen LogP contribution in [-0.4, -0.2) is 15.7 Å². The van der Waals surface area contributed by atoms with Crippen LogP contribution in [0.25, 0.3) is 0 Å². The van der Waals surface area contributed by atoms with Crippen LogP contribution in [0.5, 0.6) is 0 Å². The molecule has 4 heteroatoms. The van der Waals surface area contributed by atoms with Gasteiger partial charge >= 0.3 is 89.9 Å². The second-order valence-electron chi connectivity index (χ2n) is 4.17. The van der Waals surface area contributed by atoms with Crippen LogP contribution in [0.3, 0.4) is 0 Å². The molecule has 0 heterocycles. The predicted octanol–water partition coefficient (Wildman–Crippen LogP) is 2.14. The Hall–Kier alpha value is -0.547. The zero-order chi connectivity index (χ0) is 11.1. The van der Waals surface area contributed by atoms with E-state index in [1.807, 2.05) is 13.0 Å². The number of aliphatic carboxylic acids is 1. The summed E-state index contributed by atoms with van der Waals surface area (Å²) in [6.07, 6.45) is 0.465. The van der Waals surface area contributed by atoms with Gasteiger partial charge in [0.25, 0.3) is 0 Å². The first-order valence-corrected chi connectivity index (χ1v) is 12.1. The predicted molar refractivity (Wildman–Crippen MR) is 52.9 cm³/mol. The van der Waals surface area contributed by atoms with Gasteiger partial charge in [0.05, 0.1) is 0 Å². The molecular formula is C10H17NO2Zn. The molecule has 0 rings (SSSR count). The summed E-state index contributed by atoms with van der Waals surface area (Å²) in [6, 6.07) is 1.83. The first kappa shape index (κ1) is 13.5. The van der Waals surface area contributed by atoms with Gasteiger partial charge in [-0.2, -0.15) is 0 Å². The number of carboxylic acids is 1. The number of carbonyl (C=O) groups is 1. The Bertz CT molecular complexity index is 268. The minimum absolute atomic E-state index is 0.278. The molecule has 0 bridgehead atoms. The van der Waals surface area contributed by atoms with Gasteiger partial charge in [0.1, 0.15) is 0 Å². The summed E-state index contributed by atoms with van der Waals surface area (Å²) in [5.74, 6) is -1.55. The zero-order valence-corrected chi connectivity index (χ0v) is 12.1. The fraction of sp³-hybridized carbons (Fsp3) is 0.700. The maximum absolute atomic E-state index is 10.6. The van der Waals surface area contributed by atoms with Crippen LogP contribution < -0.4 is 0 Å². The van der Waals surface area contributed by atoms with Crippen molar-refractivity contribution in [2.75, 3.05) is 0 Å².